The quantitative estimate of drug-likeness (QED) is 0.650. The van der Waals surface area contributed by atoms with Crippen LogP contribution in [0.4, 0.5) is 13.2 Å². The summed E-state index contributed by atoms with van der Waals surface area (Å²) in [7, 11) is -2.84. The van der Waals surface area contributed by atoms with Crippen molar-refractivity contribution in [1.82, 2.24) is 19.7 Å². The number of alkyl halides is 3. The van der Waals surface area contributed by atoms with Gasteiger partial charge in [0.1, 0.15) is 0 Å². The molecule has 10 heteroatoms. The van der Waals surface area contributed by atoms with Crippen LogP contribution in [0.5, 0.6) is 0 Å². The van der Waals surface area contributed by atoms with Crippen LogP contribution in [0.1, 0.15) is 62.7 Å². The first-order valence-corrected chi connectivity index (χ1v) is 13.3. The van der Waals surface area contributed by atoms with E-state index in [1.165, 1.54) is 6.20 Å². The number of hydrogen-bond acceptors (Lipinski definition) is 5. The summed E-state index contributed by atoms with van der Waals surface area (Å²) in [5.41, 5.74) is 1.12. The topological polar surface area (TPSA) is 68.1 Å². The molecule has 2 saturated heterocycles. The van der Waals surface area contributed by atoms with Crippen LogP contribution >= 0.6 is 0 Å². The minimum absolute atomic E-state index is 0.0414. The average molecular weight is 483 g/mol. The molecule has 33 heavy (non-hydrogen) atoms. The molecular weight excluding hydrogens is 453 g/mol. The Labute approximate surface area is 192 Å². The predicted octanol–water partition coefficient (Wildman–Crippen LogP) is 4.30. The van der Waals surface area contributed by atoms with Gasteiger partial charge >= 0.3 is 6.18 Å². The zero-order chi connectivity index (χ0) is 23.6. The first-order chi connectivity index (χ1) is 15.4. The second kappa shape index (κ2) is 7.80. The lowest BCUT2D eigenvalue weighted by molar-refractivity contribution is -0.137. The zero-order valence-corrected chi connectivity index (χ0v) is 19.7. The van der Waals surface area contributed by atoms with Gasteiger partial charge in [0.2, 0.25) is 0 Å². The lowest BCUT2D eigenvalue weighted by Crippen LogP contribution is -2.50. The number of pyridine rings is 1. The van der Waals surface area contributed by atoms with Crippen molar-refractivity contribution >= 4 is 9.84 Å². The summed E-state index contributed by atoms with van der Waals surface area (Å²) in [5, 5.41) is 4.66. The second-order valence-corrected chi connectivity index (χ2v) is 12.4. The van der Waals surface area contributed by atoms with Crippen LogP contribution in [-0.2, 0) is 16.0 Å². The van der Waals surface area contributed by atoms with Crippen molar-refractivity contribution in [1.29, 1.82) is 0 Å². The fourth-order valence-electron chi connectivity index (χ4n) is 5.97. The molecule has 0 radical (unpaired) electrons. The standard InChI is InChI=1S/C23H29F3N4O2S/c1-15(2)30-21(9-20(28-30)17-7-18(11-27-10-17)23(24,25)26)16-3-4-19(8-16)29-6-5-22(12-29)13-33(31,32)14-22/h7,9-11,15-16,19H,3-6,8,12-14H2,1-2H3/t16?,19-/m0/s1. The molecule has 5 rings (SSSR count). The summed E-state index contributed by atoms with van der Waals surface area (Å²) < 4.78 is 64.8. The van der Waals surface area contributed by atoms with Crippen molar-refractivity contribution in [2.45, 2.75) is 63.7 Å². The van der Waals surface area contributed by atoms with E-state index < -0.39 is 21.6 Å². The number of aromatic nitrogens is 3. The third-order valence-corrected chi connectivity index (χ3v) is 9.58. The third kappa shape index (κ3) is 4.32. The molecular formula is C23H29F3N4O2S. The van der Waals surface area contributed by atoms with Crippen LogP contribution in [0.2, 0.25) is 0 Å². The van der Waals surface area contributed by atoms with Gasteiger partial charge in [0.25, 0.3) is 0 Å². The molecule has 0 amide bonds. The molecule has 3 aliphatic rings. The minimum atomic E-state index is -4.45. The van der Waals surface area contributed by atoms with Crippen LogP contribution in [0.15, 0.2) is 24.5 Å². The Kier molecular flexibility index (Phi) is 5.39. The van der Waals surface area contributed by atoms with Crippen molar-refractivity contribution in [3.05, 3.63) is 35.8 Å². The molecule has 0 bridgehead atoms. The van der Waals surface area contributed by atoms with Crippen molar-refractivity contribution in [2.75, 3.05) is 24.6 Å². The molecule has 2 aromatic heterocycles. The lowest BCUT2D eigenvalue weighted by Gasteiger charge is -2.38. The van der Waals surface area contributed by atoms with Gasteiger partial charge in [-0.1, -0.05) is 0 Å². The van der Waals surface area contributed by atoms with Gasteiger partial charge in [-0.15, -0.1) is 0 Å². The summed E-state index contributed by atoms with van der Waals surface area (Å²) >= 11 is 0. The van der Waals surface area contributed by atoms with Crippen LogP contribution < -0.4 is 0 Å². The van der Waals surface area contributed by atoms with Crippen molar-refractivity contribution in [3.8, 4) is 11.3 Å². The maximum absolute atomic E-state index is 13.2. The van der Waals surface area contributed by atoms with Crippen LogP contribution in [-0.4, -0.2) is 58.7 Å². The Morgan fingerprint density at radius 1 is 1.15 bits per heavy atom. The summed E-state index contributed by atoms with van der Waals surface area (Å²) in [6, 6.07) is 3.53. The van der Waals surface area contributed by atoms with Crippen LogP contribution in [0, 0.1) is 5.41 Å². The molecule has 4 heterocycles. The monoisotopic (exact) mass is 482 g/mol. The summed E-state index contributed by atoms with van der Waals surface area (Å²) in [4.78, 5) is 6.25. The highest BCUT2D eigenvalue weighted by Crippen LogP contribution is 2.46. The van der Waals surface area contributed by atoms with E-state index in [9.17, 15) is 21.6 Å². The van der Waals surface area contributed by atoms with Gasteiger partial charge in [0.05, 0.1) is 22.8 Å². The molecule has 1 aliphatic carbocycles. The lowest BCUT2D eigenvalue weighted by atomic mass is 9.91. The van der Waals surface area contributed by atoms with E-state index in [1.807, 2.05) is 24.6 Å². The molecule has 0 N–H and O–H groups in total. The number of hydrogen-bond donors (Lipinski definition) is 0. The number of sulfone groups is 1. The van der Waals surface area contributed by atoms with Crippen molar-refractivity contribution < 1.29 is 21.6 Å². The maximum atomic E-state index is 13.2. The second-order valence-electron chi connectivity index (χ2n) is 10.4. The van der Waals surface area contributed by atoms with E-state index in [0.29, 0.717) is 28.8 Å². The molecule has 1 unspecified atom stereocenters. The Bertz CT molecular complexity index is 1150. The van der Waals surface area contributed by atoms with E-state index in [2.05, 4.69) is 15.0 Å². The molecule has 0 aromatic carbocycles. The summed E-state index contributed by atoms with van der Waals surface area (Å²) in [6.07, 6.45) is 1.76. The normalized spacial score (nSPS) is 26.8. The largest absolute Gasteiger partial charge is 0.417 e. The molecule has 2 aliphatic heterocycles. The minimum Gasteiger partial charge on any atom is -0.300 e. The SMILES string of the molecule is CC(C)n1nc(-c2cncc(C(F)(F)F)c2)cc1C1CC[C@H](N2CCC3(C2)CS(=O)(=O)C3)C1. The van der Waals surface area contributed by atoms with Crippen LogP contribution in [0.3, 0.4) is 0 Å². The van der Waals surface area contributed by atoms with Gasteiger partial charge in [-0.05, 0) is 58.2 Å². The van der Waals surface area contributed by atoms with Crippen LogP contribution in [0.25, 0.3) is 11.3 Å². The smallest absolute Gasteiger partial charge is 0.300 e. The van der Waals surface area contributed by atoms with Crippen molar-refractivity contribution in [3.63, 3.8) is 0 Å². The van der Waals surface area contributed by atoms with E-state index in [1.54, 1.807) is 0 Å². The number of nitrogens with zero attached hydrogens (tertiary/aromatic N) is 4. The molecule has 180 valence electrons. The Morgan fingerprint density at radius 2 is 1.91 bits per heavy atom. The maximum Gasteiger partial charge on any atom is 0.417 e. The molecule has 6 nitrogen and oxygen atoms in total. The molecule has 2 aromatic rings. The Balaban J connectivity index is 1.34. The molecule has 3 fully saturated rings. The van der Waals surface area contributed by atoms with Gasteiger partial charge in [-0.3, -0.25) is 14.6 Å². The van der Waals surface area contributed by atoms with E-state index in [4.69, 9.17) is 0 Å². The van der Waals surface area contributed by atoms with Gasteiger partial charge in [0, 0.05) is 53.6 Å². The number of halogens is 3. The van der Waals surface area contributed by atoms with Gasteiger partial charge in [-0.2, -0.15) is 18.3 Å². The summed E-state index contributed by atoms with van der Waals surface area (Å²) in [5.74, 6) is 0.918. The van der Waals surface area contributed by atoms with E-state index in [0.717, 1.165) is 56.7 Å². The Morgan fingerprint density at radius 3 is 2.58 bits per heavy atom. The average Bonchev–Trinajstić information content (AvgIpc) is 3.44. The highest BCUT2D eigenvalue weighted by Gasteiger charge is 2.53. The number of rotatable bonds is 4. The predicted molar refractivity (Wildman–Crippen MR) is 119 cm³/mol. The molecule has 1 saturated carbocycles. The summed E-state index contributed by atoms with van der Waals surface area (Å²) in [6.45, 7) is 5.85. The van der Waals surface area contributed by atoms with E-state index in [-0.39, 0.29) is 17.4 Å². The highest BCUT2D eigenvalue weighted by molar-refractivity contribution is 7.92. The van der Waals surface area contributed by atoms with Crippen molar-refractivity contribution in [2.24, 2.45) is 5.41 Å². The first kappa shape index (κ1) is 22.8. The van der Waals surface area contributed by atoms with Gasteiger partial charge in [-0.25, -0.2) is 8.42 Å². The zero-order valence-electron chi connectivity index (χ0n) is 18.8. The highest BCUT2D eigenvalue weighted by atomic mass is 32.2. The Hall–Kier alpha value is -1.94. The molecule has 2 atom stereocenters. The molecule has 1 spiro atoms. The fraction of sp³-hybridized carbons (Fsp3) is 0.652. The van der Waals surface area contributed by atoms with E-state index >= 15 is 0 Å². The van der Waals surface area contributed by atoms with Gasteiger partial charge in [0.15, 0.2) is 9.84 Å². The van der Waals surface area contributed by atoms with Gasteiger partial charge < -0.3 is 0 Å². The third-order valence-electron chi connectivity index (χ3n) is 7.47. The fourth-order valence-corrected chi connectivity index (χ4v) is 8.22. The first-order valence-electron chi connectivity index (χ1n) is 11.5. The number of likely N-dealkylation sites (tertiary alicyclic amines) is 1.